The van der Waals surface area contributed by atoms with Crippen LogP contribution >= 0.6 is 46.5 Å². The number of aromatic nitrogens is 1. The van der Waals surface area contributed by atoms with Crippen molar-refractivity contribution in [2.75, 3.05) is 36.2 Å². The van der Waals surface area contributed by atoms with E-state index in [1.54, 1.807) is 6.26 Å². The van der Waals surface area contributed by atoms with Crippen LogP contribution in [0.2, 0.25) is 4.34 Å². The molecule has 2 fully saturated rings. The number of thioether (sulfide) groups is 2. The van der Waals surface area contributed by atoms with E-state index in [4.69, 9.17) is 16.7 Å². The van der Waals surface area contributed by atoms with Crippen molar-refractivity contribution in [1.82, 2.24) is 15.2 Å². The van der Waals surface area contributed by atoms with E-state index in [0.29, 0.717) is 11.3 Å². The predicted octanol–water partition coefficient (Wildman–Crippen LogP) is 0.936. The van der Waals surface area contributed by atoms with Crippen molar-refractivity contribution in [3.8, 4) is 0 Å². The van der Waals surface area contributed by atoms with E-state index in [2.05, 4.69) is 20.3 Å². The van der Waals surface area contributed by atoms with Gasteiger partial charge in [0.2, 0.25) is 12.5 Å². The summed E-state index contributed by atoms with van der Waals surface area (Å²) in [6.45, 7) is -1.08. The van der Waals surface area contributed by atoms with Gasteiger partial charge in [-0.3, -0.25) is 24.5 Å². The molecule has 4 N–H and O–H groups in total. The molecule has 3 rings (SSSR count). The number of rotatable bonds is 10. The minimum absolute atomic E-state index is 0.0745. The molecule has 2 unspecified atom stereocenters. The second-order valence-electron chi connectivity index (χ2n) is 7.84. The molecule has 3 amide bonds. The third-order valence-corrected chi connectivity index (χ3v) is 8.75. The SMILES string of the molecule is CSCC1(C(=O)O)CS[C@@H]2C(NC(=O)C(=NOCC(=O)O)c3nc(NC(=O)C(F)(F)F)sc3Cl)C(=O)N2C1. The maximum Gasteiger partial charge on any atom is 0.471 e. The summed E-state index contributed by atoms with van der Waals surface area (Å²) in [6, 6.07) is -1.12. The molecule has 1 aromatic heterocycles. The van der Waals surface area contributed by atoms with Crippen molar-refractivity contribution in [3.63, 3.8) is 0 Å². The van der Waals surface area contributed by atoms with Crippen molar-refractivity contribution >= 4 is 87.0 Å². The number of anilines is 1. The first-order valence-electron chi connectivity index (χ1n) is 10.1. The maximum absolute atomic E-state index is 13.0. The molecular weight excluding hydrogens is 603 g/mol. The van der Waals surface area contributed by atoms with Gasteiger partial charge >= 0.3 is 24.0 Å². The summed E-state index contributed by atoms with van der Waals surface area (Å²) in [7, 11) is 0. The van der Waals surface area contributed by atoms with Crippen molar-refractivity contribution in [2.45, 2.75) is 17.6 Å². The first kappa shape index (κ1) is 29.8. The molecule has 0 bridgehead atoms. The van der Waals surface area contributed by atoms with Crippen LogP contribution in [-0.4, -0.2) is 104 Å². The Balaban J connectivity index is 1.80. The summed E-state index contributed by atoms with van der Waals surface area (Å²) in [5.74, 6) is -6.18. The Morgan fingerprint density at radius 2 is 2.03 bits per heavy atom. The first-order valence-corrected chi connectivity index (χ1v) is 13.8. The van der Waals surface area contributed by atoms with Gasteiger partial charge in [0.1, 0.15) is 26.9 Å². The van der Waals surface area contributed by atoms with E-state index in [1.165, 1.54) is 22.0 Å². The number of alkyl halides is 3. The Kier molecular flexibility index (Phi) is 9.04. The number of halogens is 4. The summed E-state index contributed by atoms with van der Waals surface area (Å²) >= 11 is 8.81. The van der Waals surface area contributed by atoms with Gasteiger partial charge in [0.25, 0.3) is 5.91 Å². The normalized spacial score (nSPS) is 23.2. The van der Waals surface area contributed by atoms with E-state index in [-0.39, 0.29) is 18.1 Å². The molecule has 0 spiro atoms. The van der Waals surface area contributed by atoms with Gasteiger partial charge in [-0.05, 0) is 6.26 Å². The van der Waals surface area contributed by atoms with E-state index in [0.717, 1.165) is 11.8 Å². The highest BCUT2D eigenvalue weighted by Gasteiger charge is 2.57. The number of hydrogen-bond donors (Lipinski definition) is 4. The van der Waals surface area contributed by atoms with Crippen LogP contribution in [0.4, 0.5) is 18.3 Å². The van der Waals surface area contributed by atoms with Crippen LogP contribution < -0.4 is 10.6 Å². The monoisotopic (exact) mass is 619 g/mol. The maximum atomic E-state index is 13.0. The van der Waals surface area contributed by atoms with Crippen molar-refractivity contribution < 1.29 is 52.2 Å². The Morgan fingerprint density at radius 3 is 2.61 bits per heavy atom. The molecule has 208 valence electrons. The molecule has 0 saturated carbocycles. The number of carbonyl (C=O) groups is 5. The highest BCUT2D eigenvalue weighted by molar-refractivity contribution is 8.00. The van der Waals surface area contributed by atoms with Gasteiger partial charge in [-0.15, -0.1) is 11.8 Å². The molecule has 13 nitrogen and oxygen atoms in total. The van der Waals surface area contributed by atoms with Crippen LogP contribution in [0.25, 0.3) is 0 Å². The van der Waals surface area contributed by atoms with Gasteiger partial charge in [-0.2, -0.15) is 24.9 Å². The summed E-state index contributed by atoms with van der Waals surface area (Å²) in [4.78, 5) is 69.1. The molecule has 20 heteroatoms. The molecule has 2 aliphatic rings. The molecule has 3 atom stereocenters. The molecule has 3 heterocycles. The molecule has 1 aromatic rings. The zero-order valence-corrected chi connectivity index (χ0v) is 22.1. The fourth-order valence-electron chi connectivity index (χ4n) is 3.41. The van der Waals surface area contributed by atoms with Gasteiger partial charge in [0.15, 0.2) is 10.8 Å². The Morgan fingerprint density at radius 1 is 1.34 bits per heavy atom. The number of hydrogen-bond acceptors (Lipinski definition) is 11. The largest absolute Gasteiger partial charge is 0.481 e. The average Bonchev–Trinajstić information content (AvgIpc) is 3.18. The minimum Gasteiger partial charge on any atom is -0.481 e. The van der Waals surface area contributed by atoms with Gasteiger partial charge in [-0.25, -0.2) is 9.78 Å². The highest BCUT2D eigenvalue weighted by Crippen LogP contribution is 2.43. The topological polar surface area (TPSA) is 188 Å². The van der Waals surface area contributed by atoms with E-state index in [9.17, 15) is 42.3 Å². The lowest BCUT2D eigenvalue weighted by Crippen LogP contribution is -2.74. The zero-order valence-electron chi connectivity index (χ0n) is 18.9. The number of fused-ring (bicyclic) bond motifs is 1. The fraction of sp³-hybridized carbons (Fsp3) is 0.500. The van der Waals surface area contributed by atoms with E-state index >= 15 is 0 Å². The number of aliphatic carboxylic acids is 2. The van der Waals surface area contributed by atoms with Crippen LogP contribution in [-0.2, 0) is 28.8 Å². The number of carboxylic acid groups (broad SMARTS) is 2. The molecule has 0 aromatic carbocycles. The molecule has 0 radical (unpaired) electrons. The Bertz CT molecular complexity index is 1200. The van der Waals surface area contributed by atoms with Crippen LogP contribution in [0, 0.1) is 5.41 Å². The van der Waals surface area contributed by atoms with Crippen molar-refractivity contribution in [2.24, 2.45) is 10.6 Å². The number of carboxylic acids is 2. The number of β-lactam (4-membered cyclic amide) rings is 1. The van der Waals surface area contributed by atoms with Crippen LogP contribution in [0.5, 0.6) is 0 Å². The highest BCUT2D eigenvalue weighted by atomic mass is 35.5. The molecule has 0 aliphatic carbocycles. The second kappa shape index (κ2) is 11.5. The quantitative estimate of drug-likeness (QED) is 0.166. The number of thiazole rings is 1. The number of nitrogens with one attached hydrogen (secondary N) is 2. The van der Waals surface area contributed by atoms with Crippen LogP contribution in [0.3, 0.4) is 0 Å². The first-order chi connectivity index (χ1) is 17.7. The lowest BCUT2D eigenvalue weighted by molar-refractivity contribution is -0.167. The van der Waals surface area contributed by atoms with Crippen molar-refractivity contribution in [1.29, 1.82) is 0 Å². The lowest BCUT2D eigenvalue weighted by atomic mass is 9.89. The number of nitrogens with zero attached hydrogens (tertiary/aromatic N) is 3. The van der Waals surface area contributed by atoms with Crippen molar-refractivity contribution in [3.05, 3.63) is 10.0 Å². The molecular formula is C18H17ClF3N5O8S3. The van der Waals surface area contributed by atoms with Crippen LogP contribution in [0.15, 0.2) is 5.16 Å². The van der Waals surface area contributed by atoms with Gasteiger partial charge in [0, 0.05) is 18.1 Å². The summed E-state index contributed by atoms with van der Waals surface area (Å²) < 4.78 is 37.3. The third-order valence-electron chi connectivity index (χ3n) is 5.15. The Hall–Kier alpha value is -2.77. The standard InChI is InChI=1S/C18H17ClF3N5O8S3/c1-36-4-17(15(33)34)3-27-12(31)9(13(27)37-5-17)23-11(30)8(26-35-2-6(28)29)7-10(19)38-16(24-7)25-14(32)18(20,21)22/h9,13H,2-5H2,1H3,(H,23,30)(H,28,29)(H,33,34)(H,24,25,32)/t9?,13-,17?/m1/s1. The van der Waals surface area contributed by atoms with E-state index < -0.39 is 80.1 Å². The summed E-state index contributed by atoms with van der Waals surface area (Å²) in [5.41, 5.74) is -2.48. The number of carbonyl (C=O) groups excluding carboxylic acids is 3. The molecule has 38 heavy (non-hydrogen) atoms. The van der Waals surface area contributed by atoms with E-state index in [1.807, 2.05) is 0 Å². The summed E-state index contributed by atoms with van der Waals surface area (Å²) in [5, 5.41) is 24.4. The van der Waals surface area contributed by atoms with Crippen LogP contribution in [0.1, 0.15) is 5.69 Å². The average molecular weight is 620 g/mol. The fourth-order valence-corrected chi connectivity index (χ4v) is 6.99. The van der Waals surface area contributed by atoms with Gasteiger partial charge in [-0.1, -0.05) is 28.1 Å². The molecule has 2 aliphatic heterocycles. The minimum atomic E-state index is -5.24. The molecule has 2 saturated heterocycles. The second-order valence-corrected chi connectivity index (χ2v) is 11.4. The zero-order chi connectivity index (χ0) is 28.4. The summed E-state index contributed by atoms with van der Waals surface area (Å²) in [6.07, 6.45) is -3.50. The third kappa shape index (κ3) is 6.26. The van der Waals surface area contributed by atoms with Gasteiger partial charge in [0.05, 0.1) is 0 Å². The Labute approximate surface area is 228 Å². The number of amides is 3. The smallest absolute Gasteiger partial charge is 0.471 e. The lowest BCUT2D eigenvalue weighted by Gasteiger charge is -2.53. The van der Waals surface area contributed by atoms with Gasteiger partial charge < -0.3 is 25.3 Å². The predicted molar refractivity (Wildman–Crippen MR) is 130 cm³/mol. The number of oxime groups is 1.